The van der Waals surface area contributed by atoms with Crippen LogP contribution < -0.4 is 14.2 Å². The van der Waals surface area contributed by atoms with Crippen molar-refractivity contribution in [2.75, 3.05) is 13.9 Å². The Morgan fingerprint density at radius 2 is 2.04 bits per heavy atom. The molecule has 1 aliphatic rings. The maximum absolute atomic E-state index is 12.5. The van der Waals surface area contributed by atoms with Gasteiger partial charge >= 0.3 is 0 Å². The van der Waals surface area contributed by atoms with E-state index in [1.165, 1.54) is 6.08 Å². The summed E-state index contributed by atoms with van der Waals surface area (Å²) in [4.78, 5) is 12.5. The fraction of sp³-hybridized carbons (Fsp3) is 0.111. The molecule has 0 atom stereocenters. The lowest BCUT2D eigenvalue weighted by Gasteiger charge is -2.03. The van der Waals surface area contributed by atoms with Gasteiger partial charge in [0.2, 0.25) is 12.6 Å². The van der Waals surface area contributed by atoms with Gasteiger partial charge < -0.3 is 14.2 Å². The highest BCUT2D eigenvalue weighted by molar-refractivity contribution is 6.14. The van der Waals surface area contributed by atoms with Crippen molar-refractivity contribution in [2.45, 2.75) is 0 Å². The minimum atomic E-state index is -0.367. The molecule has 0 saturated heterocycles. The van der Waals surface area contributed by atoms with Gasteiger partial charge in [-0.3, -0.25) is 4.79 Å². The summed E-state index contributed by atoms with van der Waals surface area (Å²) in [5, 5.41) is 9.31. The number of methoxy groups -OCH3 is 1. The molecule has 0 saturated carbocycles. The lowest BCUT2D eigenvalue weighted by Crippen LogP contribution is -2.02. The van der Waals surface area contributed by atoms with E-state index >= 15 is 0 Å². The molecule has 1 aliphatic heterocycles. The molecule has 23 heavy (non-hydrogen) atoms. The Balaban J connectivity index is 1.92. The molecule has 0 spiro atoms. The molecule has 1 heterocycles. The van der Waals surface area contributed by atoms with Crippen LogP contribution >= 0.6 is 0 Å². The van der Waals surface area contributed by atoms with E-state index in [0.29, 0.717) is 22.8 Å². The largest absolute Gasteiger partial charge is 0.497 e. The van der Waals surface area contributed by atoms with Gasteiger partial charge in [0.05, 0.1) is 7.11 Å². The van der Waals surface area contributed by atoms with Gasteiger partial charge in [-0.2, -0.15) is 5.26 Å². The van der Waals surface area contributed by atoms with Crippen molar-refractivity contribution < 1.29 is 19.0 Å². The smallest absolute Gasteiger partial charge is 0.231 e. The summed E-state index contributed by atoms with van der Waals surface area (Å²) in [6.07, 6.45) is 1.54. The summed E-state index contributed by atoms with van der Waals surface area (Å²) in [5.74, 6) is 1.39. The first-order valence-corrected chi connectivity index (χ1v) is 6.91. The number of ether oxygens (including phenoxy) is 3. The fourth-order valence-corrected chi connectivity index (χ4v) is 2.24. The number of ketones is 1. The Morgan fingerprint density at radius 3 is 2.83 bits per heavy atom. The van der Waals surface area contributed by atoms with Crippen molar-refractivity contribution in [3.63, 3.8) is 0 Å². The number of carbonyl (C=O) groups is 1. The maximum Gasteiger partial charge on any atom is 0.231 e. The zero-order chi connectivity index (χ0) is 16.2. The van der Waals surface area contributed by atoms with Crippen LogP contribution in [-0.4, -0.2) is 19.7 Å². The number of carbonyl (C=O) groups excluding carboxylic acids is 1. The molecule has 0 radical (unpaired) electrons. The van der Waals surface area contributed by atoms with Crippen molar-refractivity contribution in [3.05, 3.63) is 59.2 Å². The molecular weight excluding hydrogens is 294 g/mol. The second kappa shape index (κ2) is 6.24. The van der Waals surface area contributed by atoms with Gasteiger partial charge in [-0.25, -0.2) is 0 Å². The maximum atomic E-state index is 12.5. The Kier molecular flexibility index (Phi) is 3.98. The first-order valence-electron chi connectivity index (χ1n) is 6.91. The Hall–Kier alpha value is -3.26. The Morgan fingerprint density at radius 1 is 1.22 bits per heavy atom. The number of rotatable bonds is 4. The topological polar surface area (TPSA) is 68.5 Å². The lowest BCUT2D eigenvalue weighted by molar-refractivity contribution is 0.103. The van der Waals surface area contributed by atoms with Crippen LogP contribution in [0.5, 0.6) is 17.2 Å². The van der Waals surface area contributed by atoms with E-state index in [4.69, 9.17) is 14.2 Å². The van der Waals surface area contributed by atoms with Gasteiger partial charge in [0, 0.05) is 5.56 Å². The second-order valence-corrected chi connectivity index (χ2v) is 4.84. The van der Waals surface area contributed by atoms with Crippen LogP contribution in [0.4, 0.5) is 0 Å². The molecule has 0 aliphatic carbocycles. The van der Waals surface area contributed by atoms with E-state index < -0.39 is 0 Å². The highest BCUT2D eigenvalue weighted by Crippen LogP contribution is 2.33. The van der Waals surface area contributed by atoms with Crippen LogP contribution in [0.2, 0.25) is 0 Å². The average Bonchev–Trinajstić information content (AvgIpc) is 3.07. The highest BCUT2D eigenvalue weighted by atomic mass is 16.7. The van der Waals surface area contributed by atoms with E-state index in [1.54, 1.807) is 49.6 Å². The molecule has 3 rings (SSSR count). The predicted octanol–water partition coefficient (Wildman–Crippen LogP) is 3.21. The van der Waals surface area contributed by atoms with E-state index in [2.05, 4.69) is 0 Å². The van der Waals surface area contributed by atoms with Gasteiger partial charge in [0.1, 0.15) is 17.4 Å². The number of allylic oxidation sites excluding steroid dienone is 1. The standard InChI is InChI=1S/C18H13NO4/c1-21-15-4-2-3-12(8-15)7-14(10-19)18(20)13-5-6-16-17(9-13)23-11-22-16/h2-9H,11H2,1H3/b14-7-. The second-order valence-electron chi connectivity index (χ2n) is 4.84. The number of nitrogens with zero attached hydrogens (tertiary/aromatic N) is 1. The van der Waals surface area contributed by atoms with E-state index in [1.807, 2.05) is 6.07 Å². The summed E-state index contributed by atoms with van der Waals surface area (Å²) >= 11 is 0. The van der Waals surface area contributed by atoms with Crippen molar-refractivity contribution in [1.82, 2.24) is 0 Å². The summed E-state index contributed by atoms with van der Waals surface area (Å²) in [6, 6.07) is 14.0. The molecule has 0 fully saturated rings. The number of benzene rings is 2. The average molecular weight is 307 g/mol. The monoisotopic (exact) mass is 307 g/mol. The Labute approximate surface area is 133 Å². The third-order valence-electron chi connectivity index (χ3n) is 3.40. The van der Waals surface area contributed by atoms with Crippen LogP contribution in [0.1, 0.15) is 15.9 Å². The van der Waals surface area contributed by atoms with E-state index in [0.717, 1.165) is 5.56 Å². The summed E-state index contributed by atoms with van der Waals surface area (Å²) in [5.41, 5.74) is 1.14. The summed E-state index contributed by atoms with van der Waals surface area (Å²) < 4.78 is 15.6. The third-order valence-corrected chi connectivity index (χ3v) is 3.40. The molecule has 0 unspecified atom stereocenters. The molecule has 0 aromatic heterocycles. The number of Topliss-reactive ketones (excluding diaryl/α,β-unsaturated/α-hetero) is 1. The van der Waals surface area contributed by atoms with Crippen LogP contribution in [0, 0.1) is 11.3 Å². The number of hydrogen-bond donors (Lipinski definition) is 0. The van der Waals surface area contributed by atoms with Gasteiger partial charge in [-0.1, -0.05) is 12.1 Å². The third kappa shape index (κ3) is 3.01. The zero-order valence-electron chi connectivity index (χ0n) is 12.4. The molecule has 5 heteroatoms. The van der Waals surface area contributed by atoms with E-state index in [-0.39, 0.29) is 18.1 Å². The quantitative estimate of drug-likeness (QED) is 0.493. The number of nitriles is 1. The van der Waals surface area contributed by atoms with Crippen LogP contribution in [0.25, 0.3) is 6.08 Å². The first kappa shape index (κ1) is 14.7. The molecule has 0 bridgehead atoms. The predicted molar refractivity (Wildman–Crippen MR) is 83.5 cm³/mol. The fourth-order valence-electron chi connectivity index (χ4n) is 2.24. The van der Waals surface area contributed by atoms with E-state index in [9.17, 15) is 10.1 Å². The lowest BCUT2D eigenvalue weighted by atomic mass is 10.0. The molecule has 0 N–H and O–H groups in total. The molecule has 2 aromatic rings. The summed E-state index contributed by atoms with van der Waals surface area (Å²) in [6.45, 7) is 0.137. The Bertz CT molecular complexity index is 833. The van der Waals surface area contributed by atoms with Crippen LogP contribution in [0.15, 0.2) is 48.0 Å². The van der Waals surface area contributed by atoms with Gasteiger partial charge in [0.15, 0.2) is 11.5 Å². The van der Waals surface area contributed by atoms with Crippen molar-refractivity contribution in [3.8, 4) is 23.3 Å². The van der Waals surface area contributed by atoms with Crippen LogP contribution in [-0.2, 0) is 0 Å². The minimum Gasteiger partial charge on any atom is -0.497 e. The SMILES string of the molecule is COc1cccc(/C=C(/C#N)C(=O)c2ccc3c(c2)OCO3)c1. The highest BCUT2D eigenvalue weighted by Gasteiger charge is 2.18. The zero-order valence-corrected chi connectivity index (χ0v) is 12.4. The summed E-state index contributed by atoms with van der Waals surface area (Å²) in [7, 11) is 1.56. The molecule has 0 amide bonds. The number of hydrogen-bond acceptors (Lipinski definition) is 5. The minimum absolute atomic E-state index is 0.0390. The molecule has 5 nitrogen and oxygen atoms in total. The normalized spacial score (nSPS) is 12.6. The number of fused-ring (bicyclic) bond motifs is 1. The first-order chi connectivity index (χ1) is 11.2. The van der Waals surface area contributed by atoms with Gasteiger partial charge in [-0.05, 0) is 42.0 Å². The molecule has 2 aromatic carbocycles. The molecule has 114 valence electrons. The van der Waals surface area contributed by atoms with Crippen molar-refractivity contribution >= 4 is 11.9 Å². The van der Waals surface area contributed by atoms with Gasteiger partial charge in [0.25, 0.3) is 0 Å². The molecular formula is C18H13NO4. The van der Waals surface area contributed by atoms with Gasteiger partial charge in [-0.15, -0.1) is 0 Å². The van der Waals surface area contributed by atoms with Crippen molar-refractivity contribution in [2.24, 2.45) is 0 Å². The van der Waals surface area contributed by atoms with Crippen LogP contribution in [0.3, 0.4) is 0 Å². The van der Waals surface area contributed by atoms with Crippen molar-refractivity contribution in [1.29, 1.82) is 5.26 Å².